The number of anilines is 3. The quantitative estimate of drug-likeness (QED) is 0.109. The van der Waals surface area contributed by atoms with Crippen LogP contribution in [-0.2, 0) is 9.59 Å². The smallest absolute Gasteiger partial charge is 0.249 e. The standard InChI is InChI=1S/C46H56N10O3/c47-44-42-43(34-7-13-39(14-8-34)59-38-5-2-1-3-6-38)52-56(45(42)49-31-48-44)37-20-25-53(26-21-37)22-4-23-54-24-17-33(30-54)29-32-18-27-55(28-19-32)36-11-9-35(10-12-36)50-40-15-16-41(57)51-46(40)58/h1-3,5-14,31-33,37,40,50H,4,15-30H2,(H2,47,48,49)(H,51,57,58). The van der Waals surface area contributed by atoms with Crippen molar-refractivity contribution in [1.29, 1.82) is 0 Å². The van der Waals surface area contributed by atoms with E-state index < -0.39 is 0 Å². The molecule has 4 aliphatic heterocycles. The van der Waals surface area contributed by atoms with E-state index >= 15 is 0 Å². The van der Waals surface area contributed by atoms with E-state index in [-0.39, 0.29) is 23.9 Å². The van der Waals surface area contributed by atoms with Gasteiger partial charge in [0.15, 0.2) is 5.65 Å². The fourth-order valence-electron chi connectivity index (χ4n) is 9.67. The molecule has 9 rings (SSSR count). The lowest BCUT2D eigenvalue weighted by molar-refractivity contribution is -0.133. The van der Waals surface area contributed by atoms with E-state index in [1.165, 1.54) is 57.4 Å². The minimum absolute atomic E-state index is 0.189. The Morgan fingerprint density at radius 3 is 2.24 bits per heavy atom. The van der Waals surface area contributed by atoms with E-state index in [9.17, 15) is 9.59 Å². The average Bonchev–Trinajstić information content (AvgIpc) is 3.89. The minimum Gasteiger partial charge on any atom is -0.457 e. The Balaban J connectivity index is 0.697. The van der Waals surface area contributed by atoms with Crippen LogP contribution in [0.5, 0.6) is 11.5 Å². The maximum Gasteiger partial charge on any atom is 0.249 e. The first-order valence-electron chi connectivity index (χ1n) is 21.6. The number of carbonyl (C=O) groups excluding carboxylic acids is 2. The van der Waals surface area contributed by atoms with Gasteiger partial charge in [0, 0.05) is 56.1 Å². The zero-order valence-electron chi connectivity index (χ0n) is 33.8. The fraction of sp³-hybridized carbons (Fsp3) is 0.457. The summed E-state index contributed by atoms with van der Waals surface area (Å²) in [7, 11) is 0. The van der Waals surface area contributed by atoms with Crippen molar-refractivity contribution in [1.82, 2.24) is 34.9 Å². The predicted octanol–water partition coefficient (Wildman–Crippen LogP) is 6.74. The number of carbonyl (C=O) groups is 2. The van der Waals surface area contributed by atoms with Gasteiger partial charge in [0.2, 0.25) is 11.8 Å². The molecular formula is C46H56N10O3. The summed E-state index contributed by atoms with van der Waals surface area (Å²) in [5, 5.41) is 11.7. The number of amides is 2. The van der Waals surface area contributed by atoms with E-state index in [0.717, 1.165) is 96.9 Å². The minimum atomic E-state index is -0.356. The van der Waals surface area contributed by atoms with Crippen molar-refractivity contribution in [3.63, 3.8) is 0 Å². The third kappa shape index (κ3) is 9.21. The maximum atomic E-state index is 12.1. The first-order valence-corrected chi connectivity index (χ1v) is 21.6. The third-order valence-corrected chi connectivity index (χ3v) is 12.9. The Labute approximate surface area is 346 Å². The SMILES string of the molecule is Nc1ncnc2c1c(-c1ccc(Oc3ccccc3)cc1)nn2C1CCN(CCCN2CCC(CC3CCN(c4ccc(NC5CCC(=O)NC5=O)cc4)CC3)C2)CC1. The Morgan fingerprint density at radius 2 is 1.47 bits per heavy atom. The van der Waals surface area contributed by atoms with Crippen molar-refractivity contribution in [2.24, 2.45) is 11.8 Å². The monoisotopic (exact) mass is 796 g/mol. The molecule has 4 fully saturated rings. The van der Waals surface area contributed by atoms with Crippen LogP contribution in [0.4, 0.5) is 17.2 Å². The number of hydrogen-bond acceptors (Lipinski definition) is 11. The average molecular weight is 797 g/mol. The van der Waals surface area contributed by atoms with E-state index in [0.29, 0.717) is 18.7 Å². The number of nitrogens with zero attached hydrogens (tertiary/aromatic N) is 7. The van der Waals surface area contributed by atoms with Crippen molar-refractivity contribution in [3.05, 3.63) is 85.2 Å². The van der Waals surface area contributed by atoms with Crippen molar-refractivity contribution in [2.75, 3.05) is 68.3 Å². The van der Waals surface area contributed by atoms with Crippen LogP contribution < -0.4 is 26.0 Å². The number of para-hydroxylation sites is 1. The van der Waals surface area contributed by atoms with Gasteiger partial charge >= 0.3 is 0 Å². The second-order valence-corrected chi connectivity index (χ2v) is 16.9. The number of rotatable bonds is 13. The lowest BCUT2D eigenvalue weighted by atomic mass is 9.86. The van der Waals surface area contributed by atoms with E-state index in [2.05, 4.69) is 64.2 Å². The molecule has 6 heterocycles. The van der Waals surface area contributed by atoms with Crippen LogP contribution in [0, 0.1) is 11.8 Å². The fourth-order valence-corrected chi connectivity index (χ4v) is 9.67. The van der Waals surface area contributed by atoms with Crippen LogP contribution in [0.25, 0.3) is 22.3 Å². The molecule has 2 unspecified atom stereocenters. The largest absolute Gasteiger partial charge is 0.457 e. The van der Waals surface area contributed by atoms with Crippen molar-refractivity contribution < 1.29 is 14.3 Å². The normalized spacial score (nSPS) is 21.3. The molecule has 5 aromatic rings. The molecule has 0 bridgehead atoms. The highest BCUT2D eigenvalue weighted by atomic mass is 16.5. The number of ether oxygens (including phenoxy) is 1. The number of nitrogen functional groups attached to an aromatic ring is 1. The molecule has 0 saturated carbocycles. The number of nitrogens with one attached hydrogen (secondary N) is 2. The summed E-state index contributed by atoms with van der Waals surface area (Å²) in [4.78, 5) is 40.4. The molecule has 13 heteroatoms. The molecule has 4 N–H and O–H groups in total. The summed E-state index contributed by atoms with van der Waals surface area (Å²) in [6.45, 7) is 9.09. The van der Waals surface area contributed by atoms with Gasteiger partial charge in [-0.2, -0.15) is 5.10 Å². The van der Waals surface area contributed by atoms with Gasteiger partial charge in [-0.25, -0.2) is 14.6 Å². The molecule has 0 aliphatic carbocycles. The van der Waals surface area contributed by atoms with Crippen LogP contribution in [0.1, 0.15) is 63.8 Å². The van der Waals surface area contributed by atoms with E-state index in [1.54, 1.807) is 6.33 Å². The van der Waals surface area contributed by atoms with Crippen molar-refractivity contribution >= 4 is 40.0 Å². The molecule has 2 aromatic heterocycles. The van der Waals surface area contributed by atoms with Gasteiger partial charge < -0.3 is 30.5 Å². The second kappa shape index (κ2) is 17.8. The number of fused-ring (bicyclic) bond motifs is 1. The zero-order valence-corrected chi connectivity index (χ0v) is 33.8. The molecule has 2 amide bonds. The molecule has 59 heavy (non-hydrogen) atoms. The molecule has 4 aliphatic rings. The summed E-state index contributed by atoms with van der Waals surface area (Å²) in [6, 6.07) is 26.1. The summed E-state index contributed by atoms with van der Waals surface area (Å²) < 4.78 is 8.12. The number of benzene rings is 3. The number of nitrogens with two attached hydrogens (primary N) is 1. The van der Waals surface area contributed by atoms with Gasteiger partial charge in [0.25, 0.3) is 0 Å². The summed E-state index contributed by atoms with van der Waals surface area (Å²) in [5.41, 5.74) is 11.2. The lowest BCUT2D eigenvalue weighted by Crippen LogP contribution is -2.47. The number of imide groups is 1. The molecule has 13 nitrogen and oxygen atoms in total. The molecule has 0 radical (unpaired) electrons. The highest BCUT2D eigenvalue weighted by Crippen LogP contribution is 2.36. The summed E-state index contributed by atoms with van der Waals surface area (Å²) in [6.07, 6.45) is 10.9. The van der Waals surface area contributed by atoms with Gasteiger partial charge in [-0.1, -0.05) is 18.2 Å². The Bertz CT molecular complexity index is 2200. The van der Waals surface area contributed by atoms with Crippen molar-refractivity contribution in [2.45, 2.75) is 69.9 Å². The number of hydrogen-bond donors (Lipinski definition) is 3. The highest BCUT2D eigenvalue weighted by Gasteiger charge is 2.30. The first-order chi connectivity index (χ1) is 28.9. The number of aromatic nitrogens is 4. The molecule has 4 saturated heterocycles. The van der Waals surface area contributed by atoms with E-state index in [1.807, 2.05) is 54.6 Å². The van der Waals surface area contributed by atoms with Gasteiger partial charge in [-0.15, -0.1) is 0 Å². The van der Waals surface area contributed by atoms with Crippen LogP contribution in [0.3, 0.4) is 0 Å². The van der Waals surface area contributed by atoms with Crippen LogP contribution >= 0.6 is 0 Å². The number of likely N-dealkylation sites (tertiary alicyclic amines) is 2. The summed E-state index contributed by atoms with van der Waals surface area (Å²) >= 11 is 0. The van der Waals surface area contributed by atoms with Crippen LogP contribution in [0.2, 0.25) is 0 Å². The van der Waals surface area contributed by atoms with Gasteiger partial charge in [-0.3, -0.25) is 14.9 Å². The van der Waals surface area contributed by atoms with Crippen LogP contribution in [-0.4, -0.2) is 99.8 Å². The third-order valence-electron chi connectivity index (χ3n) is 12.9. The highest BCUT2D eigenvalue weighted by molar-refractivity contribution is 6.01. The second-order valence-electron chi connectivity index (χ2n) is 16.9. The van der Waals surface area contributed by atoms with Crippen LogP contribution in [0.15, 0.2) is 85.2 Å². The zero-order chi connectivity index (χ0) is 40.1. The molecule has 2 atom stereocenters. The molecule has 308 valence electrons. The Morgan fingerprint density at radius 1 is 0.763 bits per heavy atom. The molecule has 3 aromatic carbocycles. The first kappa shape index (κ1) is 39.0. The number of piperidine rings is 3. The van der Waals surface area contributed by atoms with Crippen molar-refractivity contribution in [3.8, 4) is 22.8 Å². The molecular weight excluding hydrogens is 741 g/mol. The molecule has 0 spiro atoms. The maximum absolute atomic E-state index is 12.1. The lowest BCUT2D eigenvalue weighted by Gasteiger charge is -2.35. The summed E-state index contributed by atoms with van der Waals surface area (Å²) in [5.74, 6) is 3.21. The topological polar surface area (TPSA) is 147 Å². The van der Waals surface area contributed by atoms with E-state index in [4.69, 9.17) is 15.6 Å². The Kier molecular flexibility index (Phi) is 11.7. The Hall–Kier alpha value is -5.53. The van der Waals surface area contributed by atoms with Gasteiger partial charge in [0.05, 0.1) is 11.4 Å². The predicted molar refractivity (Wildman–Crippen MR) is 231 cm³/mol. The van der Waals surface area contributed by atoms with Gasteiger partial charge in [-0.05, 0) is 144 Å². The van der Waals surface area contributed by atoms with Gasteiger partial charge in [0.1, 0.15) is 35.4 Å².